The zero-order valence-corrected chi connectivity index (χ0v) is 45.9. The molecule has 0 aliphatic rings. The lowest BCUT2D eigenvalue weighted by Crippen LogP contribution is -2.11. The molecule has 0 spiro atoms. The van der Waals surface area contributed by atoms with Crippen molar-refractivity contribution in [3.63, 3.8) is 0 Å². The average molecular weight is 1120 g/mol. The Morgan fingerprint density at radius 3 is 1.44 bits per heavy atom. The first kappa shape index (κ1) is 49.4. The number of nitriles is 2. The van der Waals surface area contributed by atoms with Crippen LogP contribution >= 0.6 is 23.2 Å². The van der Waals surface area contributed by atoms with Crippen LogP contribution in [0, 0.1) is 22.7 Å². The Morgan fingerprint density at radius 1 is 0.613 bits per heavy atom. The minimum Gasteiger partial charge on any atom is -0.494 e. The molecule has 4 aromatic heterocycles. The van der Waals surface area contributed by atoms with Crippen molar-refractivity contribution in [2.45, 2.75) is 39.8 Å². The number of likely N-dealkylation sites (N-methyl/N-ethyl adjacent to an activating group) is 2. The number of ketones is 2. The lowest BCUT2D eigenvalue weighted by atomic mass is 10.0. The molecular weight excluding hydrogens is 1050 g/mol. The lowest BCUT2D eigenvalue weighted by Gasteiger charge is -2.16. The van der Waals surface area contributed by atoms with Crippen LogP contribution in [0.2, 0.25) is 10.0 Å². The summed E-state index contributed by atoms with van der Waals surface area (Å²) >= 11 is 13.0. The van der Waals surface area contributed by atoms with Crippen LogP contribution in [-0.2, 0) is 35.6 Å². The fourth-order valence-corrected chi connectivity index (χ4v) is 8.30. The van der Waals surface area contributed by atoms with E-state index in [1.807, 2.05) is 74.4 Å². The maximum atomic E-state index is 12.9. The fraction of sp³-hybridized carbons (Fsp3) is 0.226. The van der Waals surface area contributed by atoms with Gasteiger partial charge < -0.3 is 39.4 Å². The number of carbonyl (C=O) groups excluding carboxylic acids is 2. The number of ether oxygens (including phenoxy) is 4. The third kappa shape index (κ3) is 16.6. The number of hydrogen-bond donors (Lipinski definition) is 2. The molecule has 4 heterocycles. The van der Waals surface area contributed by atoms with Gasteiger partial charge in [-0.2, -0.15) is 10.5 Å². The quantitative estimate of drug-likeness (QED) is 0.0541. The number of pyridine rings is 4. The number of benzene rings is 4. The van der Waals surface area contributed by atoms with Crippen molar-refractivity contribution in [1.82, 2.24) is 29.7 Å². The van der Waals surface area contributed by atoms with Gasteiger partial charge in [-0.05, 0) is 127 Å². The van der Waals surface area contributed by atoms with Crippen molar-refractivity contribution in [3.8, 4) is 35.1 Å². The number of aromatic nitrogens is 4. The second-order valence-corrected chi connectivity index (χ2v) is 19.0. The summed E-state index contributed by atoms with van der Waals surface area (Å²) in [6.07, 6.45) is 12.2. The highest BCUT2D eigenvalue weighted by molar-refractivity contribution is 6.32. The molecule has 80 heavy (non-hydrogen) atoms. The van der Waals surface area contributed by atoms with Crippen molar-refractivity contribution in [1.29, 1.82) is 10.5 Å². The molecule has 0 aliphatic heterocycles. The van der Waals surface area contributed by atoms with E-state index < -0.39 is 20.0 Å². The van der Waals surface area contributed by atoms with Crippen LogP contribution in [0.25, 0.3) is 21.8 Å². The monoisotopic (exact) mass is 1120 g/mol. The summed E-state index contributed by atoms with van der Waals surface area (Å²) in [5.74, 6) is 0.462. The molecule has 0 saturated heterocycles. The molecule has 0 bridgehead atoms. The van der Waals surface area contributed by atoms with E-state index in [1.54, 1.807) is 79.1 Å². The summed E-state index contributed by atoms with van der Waals surface area (Å²) in [5.41, 5.74) is 5.30. The molecule has 18 heteroatoms. The van der Waals surface area contributed by atoms with Crippen LogP contribution in [0.4, 0.5) is 22.7 Å². The summed E-state index contributed by atoms with van der Waals surface area (Å²) in [5, 5.41) is 27.9. The van der Waals surface area contributed by atoms with Gasteiger partial charge in [0.1, 0.15) is 48.4 Å². The first-order valence-electron chi connectivity index (χ1n) is 28.3. The van der Waals surface area contributed by atoms with Crippen LogP contribution in [-0.4, -0.2) is 95.7 Å². The second-order valence-electron chi connectivity index (χ2n) is 18.2. The number of anilines is 4. The number of rotatable bonds is 24. The number of fused-ring (bicyclic) bond motifs is 2. The number of hydrogen-bond acceptors (Lipinski definition) is 16. The smallest absolute Gasteiger partial charge is 0.159 e. The van der Waals surface area contributed by atoms with E-state index in [4.69, 9.17) is 51.7 Å². The Kier molecular flexibility index (Phi) is 18.0. The molecule has 408 valence electrons. The molecule has 0 atom stereocenters. The molecule has 0 unspecified atom stereocenters. The van der Waals surface area contributed by atoms with Gasteiger partial charge in [0.05, 0.1) is 73.6 Å². The molecule has 2 N–H and O–H groups in total. The normalized spacial score (nSPS) is 12.9. The molecule has 0 aliphatic carbocycles. The largest absolute Gasteiger partial charge is 0.494 e. The topological polar surface area (TPSA) is 201 Å². The summed E-state index contributed by atoms with van der Waals surface area (Å²) in [4.78, 5) is 46.7. The highest BCUT2D eigenvalue weighted by atomic mass is 35.5. The van der Waals surface area contributed by atoms with Gasteiger partial charge in [0.2, 0.25) is 0 Å². The zero-order chi connectivity index (χ0) is 63.1. The van der Waals surface area contributed by atoms with Crippen molar-refractivity contribution in [2.24, 2.45) is 0 Å². The minimum absolute atomic E-state index is 0.0321. The third-order valence-corrected chi connectivity index (χ3v) is 12.2. The van der Waals surface area contributed by atoms with Crippen molar-refractivity contribution < 1.29 is 38.1 Å². The summed E-state index contributed by atoms with van der Waals surface area (Å²) in [6, 6.07) is 31.7. The van der Waals surface area contributed by atoms with Crippen LogP contribution in [0.3, 0.4) is 0 Å². The minimum atomic E-state index is -3.10. The average Bonchev–Trinajstić information content (AvgIpc) is 0.935. The summed E-state index contributed by atoms with van der Waals surface area (Å²) in [7, 11) is 7.51. The van der Waals surface area contributed by atoms with Crippen LogP contribution in [0.15, 0.2) is 146 Å². The highest BCUT2D eigenvalue weighted by Gasteiger charge is 2.19. The first-order valence-corrected chi connectivity index (χ1v) is 25.5. The maximum Gasteiger partial charge on any atom is 0.159 e. The maximum absolute atomic E-state index is 12.9. The van der Waals surface area contributed by atoms with E-state index in [0.717, 1.165) is 11.4 Å². The van der Waals surface area contributed by atoms with Gasteiger partial charge in [-0.15, -0.1) is 0 Å². The van der Waals surface area contributed by atoms with E-state index in [-0.39, 0.29) is 71.3 Å². The van der Waals surface area contributed by atoms with Crippen LogP contribution in [0.1, 0.15) is 57.0 Å². The Bertz CT molecular complexity index is 3920. The molecular formula is C62H60Cl2N10O6. The summed E-state index contributed by atoms with van der Waals surface area (Å²) < 4.78 is 77.1. The van der Waals surface area contributed by atoms with E-state index in [2.05, 4.69) is 42.7 Å². The van der Waals surface area contributed by atoms with Crippen LogP contribution < -0.4 is 29.6 Å². The predicted molar refractivity (Wildman–Crippen MR) is 315 cm³/mol. The number of halogens is 2. The first-order chi connectivity index (χ1) is 41.3. The molecule has 0 saturated carbocycles. The second kappa shape index (κ2) is 29.2. The Morgan fingerprint density at radius 2 is 1.06 bits per heavy atom. The molecule has 0 amide bonds. The van der Waals surface area contributed by atoms with Gasteiger partial charge in [-0.1, -0.05) is 47.5 Å². The van der Waals surface area contributed by atoms with E-state index >= 15 is 0 Å². The molecule has 8 rings (SSSR count). The van der Waals surface area contributed by atoms with Crippen molar-refractivity contribution in [3.05, 3.63) is 190 Å². The van der Waals surface area contributed by atoms with Gasteiger partial charge in [0.15, 0.2) is 11.6 Å². The Labute approximate surface area is 485 Å². The molecule has 16 nitrogen and oxygen atoms in total. The fourth-order valence-electron chi connectivity index (χ4n) is 7.83. The van der Waals surface area contributed by atoms with Gasteiger partial charge >= 0.3 is 0 Å². The number of nitrogens with zero attached hydrogens (tertiary/aromatic N) is 8. The number of carbonyl (C=O) groups is 2. The molecule has 8 aromatic rings. The zero-order valence-electron chi connectivity index (χ0n) is 51.4. The van der Waals surface area contributed by atoms with Gasteiger partial charge in [-0.25, -0.2) is 0 Å². The van der Waals surface area contributed by atoms with Gasteiger partial charge in [-0.3, -0.25) is 29.5 Å². The van der Waals surface area contributed by atoms with Gasteiger partial charge in [0, 0.05) is 100 Å². The Balaban J connectivity index is 0.000000249. The van der Waals surface area contributed by atoms with Crippen molar-refractivity contribution >= 4 is 79.3 Å². The standard InChI is InChI=1S/2C31H30ClN5O3/c2*1-4-39-30-17-28-26(15-21(30)14-25(38)9-7-13-37(2)3)31(22(18-33)19-35-28)36-23-10-11-29(27(32)16-23)40-20-24-8-5-6-12-34-24/h2*5-12,15-17,19H,4,13-14,20H2,1-3H3,(H,35,36)/b2*9-7+/i1D3,4D2;4D2. The Hall–Kier alpha value is -8.90. The summed E-state index contributed by atoms with van der Waals surface area (Å²) in [6.45, 7) is -5.26. The van der Waals surface area contributed by atoms with Crippen LogP contribution in [0.5, 0.6) is 23.0 Å². The van der Waals surface area contributed by atoms with Gasteiger partial charge in [0.25, 0.3) is 0 Å². The number of nitrogens with one attached hydrogen (secondary N) is 2. The molecule has 4 aromatic carbocycles. The SMILES string of the molecule is [2H]C([2H])(C)Oc1cc2ncc(C#N)c(Nc3ccc(OCc4ccccn4)c(Cl)c3)c2cc1CC(=O)/C=C/CN(C)C.[2H]C([2H])([2H])C([2H])([2H])Oc1cc2ncc(C#N)c(Nc3ccc(OCc4ccccn4)c(Cl)c3)c2cc1CC(=O)/C=C/CN(C)C. The molecule has 0 radical (unpaired) electrons. The van der Waals surface area contributed by atoms with E-state index in [9.17, 15) is 20.1 Å². The highest BCUT2D eigenvalue weighted by Crippen LogP contribution is 2.38. The van der Waals surface area contributed by atoms with E-state index in [1.165, 1.54) is 37.5 Å². The van der Waals surface area contributed by atoms with E-state index in [0.29, 0.717) is 79.2 Å². The number of allylic oxidation sites excluding steroid dienone is 2. The third-order valence-electron chi connectivity index (χ3n) is 11.6. The predicted octanol–water partition coefficient (Wildman–Crippen LogP) is 12.2. The van der Waals surface area contributed by atoms with Crippen molar-refractivity contribution in [2.75, 3.05) is 65.0 Å². The molecule has 0 fully saturated rings. The lowest BCUT2D eigenvalue weighted by molar-refractivity contribution is -0.114.